The Bertz CT molecular complexity index is 679. The lowest BCUT2D eigenvalue weighted by Crippen LogP contribution is -2.23. The van der Waals surface area contributed by atoms with Gasteiger partial charge in [-0.25, -0.2) is 4.68 Å². The number of anilines is 1. The van der Waals surface area contributed by atoms with Crippen LogP contribution in [0.15, 0.2) is 47.9 Å². The lowest BCUT2D eigenvalue weighted by molar-refractivity contribution is 0.653. The molecule has 0 saturated carbocycles. The number of nitrogens with zero attached hydrogens (tertiary/aromatic N) is 2. The second-order valence-electron chi connectivity index (χ2n) is 4.49. The summed E-state index contributed by atoms with van der Waals surface area (Å²) in [5, 5.41) is 7.33. The molecular formula is C15H16ClN3O. The molecule has 0 atom stereocenters. The Kier molecular flexibility index (Phi) is 4.58. The zero-order valence-corrected chi connectivity index (χ0v) is 12.0. The highest BCUT2D eigenvalue weighted by molar-refractivity contribution is 6.32. The molecule has 20 heavy (non-hydrogen) atoms. The van der Waals surface area contributed by atoms with E-state index >= 15 is 0 Å². The van der Waals surface area contributed by atoms with Crippen molar-refractivity contribution >= 4 is 17.3 Å². The van der Waals surface area contributed by atoms with Crippen molar-refractivity contribution in [3.63, 3.8) is 0 Å². The van der Waals surface area contributed by atoms with Crippen LogP contribution in [0.1, 0.15) is 11.1 Å². The first-order valence-corrected chi connectivity index (χ1v) is 6.65. The monoisotopic (exact) mass is 289 g/mol. The maximum atomic E-state index is 11.9. The molecule has 0 aliphatic rings. The van der Waals surface area contributed by atoms with E-state index in [4.69, 9.17) is 11.6 Å². The van der Waals surface area contributed by atoms with E-state index in [0.29, 0.717) is 18.8 Å². The molecule has 0 fully saturated rings. The third-order valence-corrected chi connectivity index (χ3v) is 3.22. The number of aryl methyl sites for hydroxylation is 1. The van der Waals surface area contributed by atoms with Crippen LogP contribution < -0.4 is 10.9 Å². The van der Waals surface area contributed by atoms with E-state index in [1.165, 1.54) is 10.2 Å². The van der Waals surface area contributed by atoms with Gasteiger partial charge < -0.3 is 5.32 Å². The molecule has 0 aliphatic heterocycles. The highest BCUT2D eigenvalue weighted by Crippen LogP contribution is 2.16. The summed E-state index contributed by atoms with van der Waals surface area (Å²) in [6.45, 7) is 6.55. The molecule has 0 unspecified atom stereocenters. The van der Waals surface area contributed by atoms with Gasteiger partial charge in [-0.2, -0.15) is 5.10 Å². The highest BCUT2D eigenvalue weighted by atomic mass is 35.5. The topological polar surface area (TPSA) is 46.9 Å². The maximum Gasteiger partial charge on any atom is 0.287 e. The van der Waals surface area contributed by atoms with Gasteiger partial charge >= 0.3 is 0 Å². The molecular weight excluding hydrogens is 274 g/mol. The van der Waals surface area contributed by atoms with E-state index in [1.807, 2.05) is 25.1 Å². The normalized spacial score (nSPS) is 10.3. The lowest BCUT2D eigenvalue weighted by Gasteiger charge is -2.09. The van der Waals surface area contributed by atoms with Gasteiger partial charge in [0.05, 0.1) is 18.4 Å². The molecule has 0 aliphatic carbocycles. The minimum atomic E-state index is -0.319. The number of hydrogen-bond donors (Lipinski definition) is 1. The van der Waals surface area contributed by atoms with E-state index in [1.54, 1.807) is 12.3 Å². The van der Waals surface area contributed by atoms with Crippen molar-refractivity contribution < 1.29 is 0 Å². The van der Waals surface area contributed by atoms with Crippen LogP contribution in [-0.2, 0) is 13.1 Å². The summed E-state index contributed by atoms with van der Waals surface area (Å²) in [6, 6.07) is 8.12. The predicted octanol–water partition coefficient (Wildman–Crippen LogP) is 3.00. The van der Waals surface area contributed by atoms with Crippen LogP contribution in [0.3, 0.4) is 0 Å². The number of benzene rings is 1. The third kappa shape index (κ3) is 3.27. The maximum absolute atomic E-state index is 11.9. The lowest BCUT2D eigenvalue weighted by atomic mass is 10.1. The van der Waals surface area contributed by atoms with Crippen molar-refractivity contribution in [1.29, 1.82) is 0 Å². The van der Waals surface area contributed by atoms with Crippen molar-refractivity contribution in [3.05, 3.63) is 69.6 Å². The van der Waals surface area contributed by atoms with Crippen LogP contribution in [0.2, 0.25) is 5.02 Å². The predicted molar refractivity (Wildman–Crippen MR) is 82.2 cm³/mol. The molecule has 0 spiro atoms. The Morgan fingerprint density at radius 2 is 2.30 bits per heavy atom. The fourth-order valence-electron chi connectivity index (χ4n) is 1.86. The van der Waals surface area contributed by atoms with Crippen LogP contribution in [0.4, 0.5) is 5.69 Å². The van der Waals surface area contributed by atoms with Gasteiger partial charge in [-0.1, -0.05) is 47.5 Å². The SMILES string of the molecule is C=CCn1ncc(NCc2cccc(C)c2)c(Cl)c1=O. The zero-order valence-electron chi connectivity index (χ0n) is 11.3. The smallest absolute Gasteiger partial charge is 0.287 e. The minimum absolute atomic E-state index is 0.148. The number of nitrogens with one attached hydrogen (secondary N) is 1. The van der Waals surface area contributed by atoms with Crippen molar-refractivity contribution in [1.82, 2.24) is 9.78 Å². The van der Waals surface area contributed by atoms with E-state index in [-0.39, 0.29) is 10.6 Å². The first-order valence-electron chi connectivity index (χ1n) is 6.27. The molecule has 0 radical (unpaired) electrons. The first kappa shape index (κ1) is 14.3. The van der Waals surface area contributed by atoms with Crippen LogP contribution in [0.25, 0.3) is 0 Å². The Labute approximate surface area is 122 Å². The average molecular weight is 290 g/mol. The van der Waals surface area contributed by atoms with E-state index in [9.17, 15) is 4.79 Å². The summed E-state index contributed by atoms with van der Waals surface area (Å²) in [7, 11) is 0. The van der Waals surface area contributed by atoms with E-state index in [2.05, 4.69) is 23.1 Å². The molecule has 0 bridgehead atoms. The highest BCUT2D eigenvalue weighted by Gasteiger charge is 2.08. The molecule has 2 rings (SSSR count). The number of allylic oxidation sites excluding steroid dienone is 1. The average Bonchev–Trinajstić information content (AvgIpc) is 2.43. The van der Waals surface area contributed by atoms with Crippen molar-refractivity contribution in [2.24, 2.45) is 0 Å². The zero-order chi connectivity index (χ0) is 14.5. The Balaban J connectivity index is 2.16. The second kappa shape index (κ2) is 6.39. The summed E-state index contributed by atoms with van der Waals surface area (Å²) in [5.41, 5.74) is 2.53. The summed E-state index contributed by atoms with van der Waals surface area (Å²) in [6.07, 6.45) is 3.16. The molecule has 1 N–H and O–H groups in total. The molecule has 1 heterocycles. The summed E-state index contributed by atoms with van der Waals surface area (Å²) >= 11 is 6.06. The Hall–Kier alpha value is -2.07. The number of rotatable bonds is 5. The standard InChI is InChI=1S/C15H16ClN3O/c1-3-7-19-15(20)14(16)13(10-18-19)17-9-12-6-4-5-11(2)8-12/h3-6,8,10,17H,1,7,9H2,2H3. The van der Waals surface area contributed by atoms with Gasteiger partial charge in [0.2, 0.25) is 0 Å². The molecule has 4 nitrogen and oxygen atoms in total. The van der Waals surface area contributed by atoms with Gasteiger partial charge in [-0.3, -0.25) is 4.79 Å². The quantitative estimate of drug-likeness (QED) is 0.861. The summed E-state index contributed by atoms with van der Waals surface area (Å²) in [5.74, 6) is 0. The van der Waals surface area contributed by atoms with Gasteiger partial charge in [0.15, 0.2) is 0 Å². The second-order valence-corrected chi connectivity index (χ2v) is 4.87. The molecule has 1 aromatic carbocycles. The largest absolute Gasteiger partial charge is 0.378 e. The first-order chi connectivity index (χ1) is 9.61. The van der Waals surface area contributed by atoms with Crippen LogP contribution >= 0.6 is 11.6 Å². The molecule has 5 heteroatoms. The fraction of sp³-hybridized carbons (Fsp3) is 0.200. The van der Waals surface area contributed by atoms with Gasteiger partial charge in [-0.05, 0) is 12.5 Å². The molecule has 1 aromatic heterocycles. The summed E-state index contributed by atoms with van der Waals surface area (Å²) in [4.78, 5) is 11.9. The molecule has 104 valence electrons. The van der Waals surface area contributed by atoms with Crippen molar-refractivity contribution in [3.8, 4) is 0 Å². The van der Waals surface area contributed by atoms with Crippen LogP contribution in [0.5, 0.6) is 0 Å². The van der Waals surface area contributed by atoms with E-state index in [0.717, 1.165) is 5.56 Å². The van der Waals surface area contributed by atoms with Gasteiger partial charge in [0.1, 0.15) is 5.02 Å². The Morgan fingerprint density at radius 1 is 1.50 bits per heavy atom. The fourth-order valence-corrected chi connectivity index (χ4v) is 2.07. The van der Waals surface area contributed by atoms with Crippen molar-refractivity contribution in [2.75, 3.05) is 5.32 Å². The van der Waals surface area contributed by atoms with Crippen LogP contribution in [-0.4, -0.2) is 9.78 Å². The van der Waals surface area contributed by atoms with E-state index < -0.39 is 0 Å². The number of hydrogen-bond acceptors (Lipinski definition) is 3. The molecule has 0 amide bonds. The van der Waals surface area contributed by atoms with Crippen LogP contribution in [0, 0.1) is 6.92 Å². The van der Waals surface area contributed by atoms with Gasteiger partial charge in [0.25, 0.3) is 5.56 Å². The molecule has 0 saturated heterocycles. The van der Waals surface area contributed by atoms with Crippen molar-refractivity contribution in [2.45, 2.75) is 20.0 Å². The molecule has 2 aromatic rings. The third-order valence-electron chi connectivity index (χ3n) is 2.85. The summed E-state index contributed by atoms with van der Waals surface area (Å²) < 4.78 is 1.27. The number of aromatic nitrogens is 2. The Morgan fingerprint density at radius 3 is 3.00 bits per heavy atom. The number of halogens is 1. The van der Waals surface area contributed by atoms with Gasteiger partial charge in [-0.15, -0.1) is 6.58 Å². The minimum Gasteiger partial charge on any atom is -0.378 e. The van der Waals surface area contributed by atoms with Gasteiger partial charge in [0, 0.05) is 6.54 Å².